The molecule has 1 saturated heterocycles. The van der Waals surface area contributed by atoms with Crippen LogP contribution in [0.25, 0.3) is 0 Å². The quantitative estimate of drug-likeness (QED) is 0.166. The largest absolute Gasteiger partial charge is 0.462 e. The Balaban J connectivity index is 1.34. The number of esters is 2. The van der Waals surface area contributed by atoms with Crippen LogP contribution in [0.1, 0.15) is 86.0 Å². The molecule has 0 spiro atoms. The van der Waals surface area contributed by atoms with Crippen LogP contribution in [0.3, 0.4) is 0 Å². The summed E-state index contributed by atoms with van der Waals surface area (Å²) in [5.74, 6) is -0.566. The minimum Gasteiger partial charge on any atom is -0.462 e. The summed E-state index contributed by atoms with van der Waals surface area (Å²) >= 11 is 0. The number of hydrogen-bond donors (Lipinski definition) is 0. The Morgan fingerprint density at radius 2 is 1.67 bits per heavy atom. The van der Waals surface area contributed by atoms with Gasteiger partial charge in [0.1, 0.15) is 6.61 Å². The monoisotopic (exact) mass is 540 g/mol. The Morgan fingerprint density at radius 3 is 2.36 bits per heavy atom. The number of carbonyl (C=O) groups excluding carboxylic acids is 2. The molecule has 1 heterocycles. The van der Waals surface area contributed by atoms with Crippen LogP contribution in [-0.2, 0) is 28.5 Å². The lowest BCUT2D eigenvalue weighted by Crippen LogP contribution is -2.38. The van der Waals surface area contributed by atoms with Crippen molar-refractivity contribution in [2.24, 2.45) is 17.3 Å². The first-order valence-corrected chi connectivity index (χ1v) is 14.6. The van der Waals surface area contributed by atoms with Crippen LogP contribution >= 0.6 is 0 Å². The molecule has 2 aliphatic carbocycles. The van der Waals surface area contributed by atoms with Crippen LogP contribution in [-0.4, -0.2) is 44.7 Å². The second kappa shape index (κ2) is 15.4. The second-order valence-electron chi connectivity index (χ2n) is 12.0. The Bertz CT molecular complexity index is 982. The Labute approximate surface area is 235 Å². The summed E-state index contributed by atoms with van der Waals surface area (Å²) in [5.41, 5.74) is 5.14. The Kier molecular flexibility index (Phi) is 12.3. The van der Waals surface area contributed by atoms with E-state index in [-0.39, 0.29) is 42.4 Å². The van der Waals surface area contributed by atoms with Gasteiger partial charge in [0, 0.05) is 12.0 Å². The molecule has 0 aromatic rings. The minimum absolute atomic E-state index is 0.0128. The summed E-state index contributed by atoms with van der Waals surface area (Å²) in [5, 5.41) is 0. The number of ether oxygens (including phenoxy) is 4. The predicted octanol–water partition coefficient (Wildman–Crippen LogP) is 7.17. The zero-order chi connectivity index (χ0) is 28.3. The Hall–Kier alpha value is -2.44. The molecule has 216 valence electrons. The summed E-state index contributed by atoms with van der Waals surface area (Å²) in [6.45, 7) is 12.0. The predicted molar refractivity (Wildman–Crippen MR) is 154 cm³/mol. The highest BCUT2D eigenvalue weighted by molar-refractivity contribution is 5.83. The molecular weight excluding hydrogens is 492 g/mol. The molecule has 6 nitrogen and oxygen atoms in total. The average Bonchev–Trinajstić information content (AvgIpc) is 2.91. The molecule has 2 fully saturated rings. The highest BCUT2D eigenvalue weighted by Crippen LogP contribution is 2.40. The van der Waals surface area contributed by atoms with Crippen molar-refractivity contribution in [2.75, 3.05) is 26.4 Å². The summed E-state index contributed by atoms with van der Waals surface area (Å²) < 4.78 is 22.1. The van der Waals surface area contributed by atoms with Crippen molar-refractivity contribution in [3.63, 3.8) is 0 Å². The first kappa shape index (κ1) is 31.1. The lowest BCUT2D eigenvalue weighted by Gasteiger charge is -2.32. The summed E-state index contributed by atoms with van der Waals surface area (Å²) in [7, 11) is 0. The lowest BCUT2D eigenvalue weighted by molar-refractivity contribution is -0.227. The van der Waals surface area contributed by atoms with E-state index >= 15 is 0 Å². The van der Waals surface area contributed by atoms with Crippen molar-refractivity contribution < 1.29 is 28.5 Å². The van der Waals surface area contributed by atoms with Gasteiger partial charge in [-0.2, -0.15) is 0 Å². The van der Waals surface area contributed by atoms with Gasteiger partial charge in [-0.05, 0) is 69.4 Å². The van der Waals surface area contributed by atoms with Gasteiger partial charge in [0.05, 0.1) is 25.7 Å². The van der Waals surface area contributed by atoms with E-state index in [0.29, 0.717) is 13.2 Å². The van der Waals surface area contributed by atoms with E-state index in [4.69, 9.17) is 18.9 Å². The van der Waals surface area contributed by atoms with Crippen molar-refractivity contribution in [3.8, 4) is 0 Å². The fourth-order valence-corrected chi connectivity index (χ4v) is 5.49. The van der Waals surface area contributed by atoms with Crippen LogP contribution in [0.2, 0.25) is 0 Å². The van der Waals surface area contributed by atoms with E-state index in [0.717, 1.165) is 36.8 Å². The number of hydrogen-bond acceptors (Lipinski definition) is 6. The molecule has 0 radical (unpaired) electrons. The van der Waals surface area contributed by atoms with Crippen LogP contribution in [0.5, 0.6) is 0 Å². The highest BCUT2D eigenvalue weighted by Gasteiger charge is 2.28. The third-order valence-electron chi connectivity index (χ3n) is 7.92. The van der Waals surface area contributed by atoms with E-state index in [1.165, 1.54) is 42.9 Å². The Morgan fingerprint density at radius 1 is 0.949 bits per heavy atom. The minimum atomic E-state index is -0.557. The van der Waals surface area contributed by atoms with Gasteiger partial charge in [-0.25, -0.2) is 4.79 Å². The van der Waals surface area contributed by atoms with Crippen LogP contribution in [0.4, 0.5) is 0 Å². The molecule has 39 heavy (non-hydrogen) atoms. The fourth-order valence-electron chi connectivity index (χ4n) is 5.49. The first-order chi connectivity index (χ1) is 18.6. The second-order valence-corrected chi connectivity index (χ2v) is 12.0. The van der Waals surface area contributed by atoms with Crippen LogP contribution in [0.15, 0.2) is 58.7 Å². The smallest absolute Gasteiger partial charge is 0.331 e. The van der Waals surface area contributed by atoms with Gasteiger partial charge < -0.3 is 18.9 Å². The fraction of sp³-hybridized carbons (Fsp3) is 0.636. The standard InChI is InChI=1S/C33H48O6/c1-24(16-17-29-26(3)13-10-18-33(29,4)5)11-9-12-25(2)19-30(34)36-20-27-21-37-31(38-22-27)23-39-32(35)28-14-7-6-8-15-28/h9,11-12,16-17,19,27-28,31H,6-8,10,13-15,18,20-23H2,1-5H3. The van der Waals surface area contributed by atoms with Crippen molar-refractivity contribution in [1.82, 2.24) is 0 Å². The van der Waals surface area contributed by atoms with Gasteiger partial charge in [-0.15, -0.1) is 0 Å². The summed E-state index contributed by atoms with van der Waals surface area (Å²) in [6.07, 6.45) is 20.1. The van der Waals surface area contributed by atoms with Crippen LogP contribution in [0, 0.1) is 17.3 Å². The molecule has 6 heteroatoms. The van der Waals surface area contributed by atoms with Gasteiger partial charge in [-0.1, -0.05) is 74.6 Å². The molecule has 0 bridgehead atoms. The van der Waals surface area contributed by atoms with E-state index in [9.17, 15) is 9.59 Å². The van der Waals surface area contributed by atoms with Crippen molar-refractivity contribution in [3.05, 3.63) is 58.7 Å². The molecular formula is C33H48O6. The molecule has 0 aromatic carbocycles. The zero-order valence-corrected chi connectivity index (χ0v) is 24.6. The normalized spacial score (nSPS) is 25.4. The third-order valence-corrected chi connectivity index (χ3v) is 7.92. The van der Waals surface area contributed by atoms with E-state index in [1.54, 1.807) is 0 Å². The topological polar surface area (TPSA) is 71.1 Å². The molecule has 1 aliphatic heterocycles. The number of allylic oxidation sites excluding steroid dienone is 9. The van der Waals surface area contributed by atoms with Gasteiger partial charge in [0.2, 0.25) is 0 Å². The molecule has 3 aliphatic rings. The van der Waals surface area contributed by atoms with Crippen molar-refractivity contribution >= 4 is 11.9 Å². The van der Waals surface area contributed by atoms with E-state index in [2.05, 4.69) is 39.8 Å². The van der Waals surface area contributed by atoms with Gasteiger partial charge in [-0.3, -0.25) is 4.79 Å². The average molecular weight is 541 g/mol. The lowest BCUT2D eigenvalue weighted by atomic mass is 9.72. The maximum atomic E-state index is 12.3. The number of carbonyl (C=O) groups is 2. The zero-order valence-electron chi connectivity index (χ0n) is 24.6. The van der Waals surface area contributed by atoms with Crippen molar-refractivity contribution in [1.29, 1.82) is 0 Å². The van der Waals surface area contributed by atoms with Crippen LogP contribution < -0.4 is 0 Å². The van der Waals surface area contributed by atoms with Gasteiger partial charge in [0.25, 0.3) is 0 Å². The summed E-state index contributed by atoms with van der Waals surface area (Å²) in [6, 6.07) is 0. The summed E-state index contributed by atoms with van der Waals surface area (Å²) in [4.78, 5) is 24.4. The SMILES string of the molecule is CC(C=CC1=C(C)CCCC1(C)C)=CC=CC(C)=CC(=O)OCC1COC(COC(=O)C2CCCCC2)OC1. The molecule has 1 saturated carbocycles. The molecule has 3 rings (SSSR count). The molecule has 0 unspecified atom stereocenters. The van der Waals surface area contributed by atoms with E-state index < -0.39 is 6.29 Å². The van der Waals surface area contributed by atoms with Gasteiger partial charge >= 0.3 is 11.9 Å². The third kappa shape index (κ3) is 10.6. The molecule has 0 aromatic heterocycles. The van der Waals surface area contributed by atoms with Crippen molar-refractivity contribution in [2.45, 2.75) is 92.3 Å². The maximum Gasteiger partial charge on any atom is 0.331 e. The van der Waals surface area contributed by atoms with Gasteiger partial charge in [0.15, 0.2) is 6.29 Å². The number of rotatable bonds is 10. The molecule has 0 N–H and O–H groups in total. The first-order valence-electron chi connectivity index (χ1n) is 14.6. The molecule has 0 atom stereocenters. The molecule has 0 amide bonds. The maximum absolute atomic E-state index is 12.3. The van der Waals surface area contributed by atoms with E-state index in [1.807, 2.05) is 25.2 Å². The highest BCUT2D eigenvalue weighted by atomic mass is 16.7.